The first-order valence-corrected chi connectivity index (χ1v) is 12.9. The zero-order valence-corrected chi connectivity index (χ0v) is 20.6. The van der Waals surface area contributed by atoms with Gasteiger partial charge in [0.2, 0.25) is 0 Å². The van der Waals surface area contributed by atoms with Gasteiger partial charge >= 0.3 is 6.85 Å². The van der Waals surface area contributed by atoms with E-state index in [1.165, 1.54) is 44.6 Å². The van der Waals surface area contributed by atoms with Crippen LogP contribution in [0.5, 0.6) is 0 Å². The summed E-state index contributed by atoms with van der Waals surface area (Å²) in [5, 5.41) is 0. The van der Waals surface area contributed by atoms with Gasteiger partial charge < -0.3 is 4.81 Å². The third-order valence-electron chi connectivity index (χ3n) is 7.84. The van der Waals surface area contributed by atoms with E-state index < -0.39 is 0 Å². The highest BCUT2D eigenvalue weighted by molar-refractivity contribution is 6.92. The fourth-order valence-corrected chi connectivity index (χ4v) is 6.13. The van der Waals surface area contributed by atoms with Crippen molar-refractivity contribution >= 4 is 29.1 Å². The lowest BCUT2D eigenvalue weighted by Crippen LogP contribution is -2.59. The molecule has 0 amide bonds. The summed E-state index contributed by atoms with van der Waals surface area (Å²) in [4.78, 5) is 11.4. The summed E-state index contributed by atoms with van der Waals surface area (Å²) in [5.41, 5.74) is 14.6. The maximum absolute atomic E-state index is 4.76. The molecule has 2 aromatic heterocycles. The Morgan fingerprint density at radius 2 is 1.13 bits per heavy atom. The Balaban J connectivity index is 1.30. The van der Waals surface area contributed by atoms with Crippen molar-refractivity contribution in [3.63, 3.8) is 0 Å². The van der Waals surface area contributed by atoms with Gasteiger partial charge in [-0.05, 0) is 64.0 Å². The fraction of sp³-hybridized carbons (Fsp3) is 0. The van der Waals surface area contributed by atoms with Gasteiger partial charge in [0.25, 0.3) is 0 Å². The van der Waals surface area contributed by atoms with Gasteiger partial charge in [-0.25, -0.2) is 0 Å². The van der Waals surface area contributed by atoms with Crippen molar-refractivity contribution in [1.29, 1.82) is 0 Å². The number of rotatable bonds is 2. The molecule has 0 spiro atoms. The summed E-state index contributed by atoms with van der Waals surface area (Å²) >= 11 is 0. The number of fused-ring (bicyclic) bond motifs is 11. The summed E-state index contributed by atoms with van der Waals surface area (Å²) in [6, 6.07) is 41.6. The molecule has 0 aliphatic carbocycles. The van der Waals surface area contributed by atoms with Crippen LogP contribution in [-0.4, -0.2) is 16.8 Å². The largest absolute Gasteiger partial charge is 0.376 e. The number of hydrogen-bond acceptors (Lipinski definition) is 3. The van der Waals surface area contributed by atoms with Crippen molar-refractivity contribution in [2.45, 2.75) is 0 Å². The minimum atomic E-state index is 0.136. The second-order valence-electron chi connectivity index (χ2n) is 9.86. The van der Waals surface area contributed by atoms with Crippen LogP contribution >= 0.6 is 0 Å². The molecule has 2 aliphatic rings. The molecule has 0 saturated carbocycles. The smallest absolute Gasteiger partial charge is 0.329 e. The van der Waals surface area contributed by atoms with Gasteiger partial charge in [0.15, 0.2) is 0 Å². The molecule has 6 aromatic rings. The molecule has 38 heavy (non-hydrogen) atoms. The Morgan fingerprint density at radius 1 is 0.500 bits per heavy atom. The van der Waals surface area contributed by atoms with Crippen molar-refractivity contribution in [2.75, 3.05) is 4.81 Å². The first kappa shape index (κ1) is 21.2. The van der Waals surface area contributed by atoms with Crippen LogP contribution in [0, 0.1) is 0 Å². The van der Waals surface area contributed by atoms with Gasteiger partial charge in [-0.1, -0.05) is 78.9 Å². The molecule has 0 unspecified atom stereocenters. The number of nitrogens with zero attached hydrogens (tertiary/aromatic N) is 3. The topological polar surface area (TPSA) is 29.0 Å². The van der Waals surface area contributed by atoms with Crippen LogP contribution in [-0.2, 0) is 0 Å². The van der Waals surface area contributed by atoms with E-state index >= 15 is 0 Å². The van der Waals surface area contributed by atoms with E-state index in [-0.39, 0.29) is 6.85 Å². The SMILES string of the molecule is c1ccc2c(c1)B1c3ccccc3-c3cc(-c4ccc(-c5ccncc5)nc4)ccc3N1c1ccccc1-2. The number of para-hydroxylation sites is 1. The Kier molecular flexibility index (Phi) is 4.62. The average molecular weight is 483 g/mol. The van der Waals surface area contributed by atoms with Crippen LogP contribution in [0.25, 0.3) is 44.6 Å². The lowest BCUT2D eigenvalue weighted by Gasteiger charge is -2.43. The average Bonchev–Trinajstić information content (AvgIpc) is 3.01. The van der Waals surface area contributed by atoms with E-state index in [4.69, 9.17) is 4.98 Å². The summed E-state index contributed by atoms with van der Waals surface area (Å²) < 4.78 is 0. The maximum Gasteiger partial charge on any atom is 0.329 e. The van der Waals surface area contributed by atoms with Crippen molar-refractivity contribution < 1.29 is 0 Å². The number of anilines is 2. The molecule has 0 bridgehead atoms. The van der Waals surface area contributed by atoms with Crippen LogP contribution in [0.2, 0.25) is 0 Å². The van der Waals surface area contributed by atoms with Gasteiger partial charge in [-0.2, -0.15) is 0 Å². The summed E-state index contributed by atoms with van der Waals surface area (Å²) in [6.07, 6.45) is 5.58. The monoisotopic (exact) mass is 483 g/mol. The van der Waals surface area contributed by atoms with E-state index in [2.05, 4.69) is 113 Å². The first-order chi connectivity index (χ1) is 18.9. The second kappa shape index (κ2) is 8.29. The first-order valence-electron chi connectivity index (χ1n) is 12.9. The minimum absolute atomic E-state index is 0.136. The zero-order chi connectivity index (χ0) is 25.1. The Morgan fingerprint density at radius 3 is 1.87 bits per heavy atom. The van der Waals surface area contributed by atoms with Gasteiger partial charge in [-0.3, -0.25) is 9.97 Å². The normalized spacial score (nSPS) is 12.6. The van der Waals surface area contributed by atoms with E-state index in [0.29, 0.717) is 0 Å². The summed E-state index contributed by atoms with van der Waals surface area (Å²) in [7, 11) is 0. The highest BCUT2D eigenvalue weighted by Crippen LogP contribution is 2.46. The molecule has 2 aliphatic heterocycles. The van der Waals surface area contributed by atoms with Gasteiger partial charge in [-0.15, -0.1) is 0 Å². The predicted molar refractivity (Wildman–Crippen MR) is 157 cm³/mol. The summed E-state index contributed by atoms with van der Waals surface area (Å²) in [6.45, 7) is 0.136. The minimum Gasteiger partial charge on any atom is -0.376 e. The third-order valence-corrected chi connectivity index (χ3v) is 7.84. The molecule has 0 radical (unpaired) electrons. The molecular formula is C34H22BN3. The molecule has 0 fully saturated rings. The van der Waals surface area contributed by atoms with Crippen molar-refractivity contribution in [2.24, 2.45) is 0 Å². The van der Waals surface area contributed by atoms with E-state index in [0.717, 1.165) is 22.4 Å². The van der Waals surface area contributed by atoms with Crippen molar-refractivity contribution in [1.82, 2.24) is 9.97 Å². The maximum atomic E-state index is 4.76. The van der Waals surface area contributed by atoms with Crippen LogP contribution in [0.3, 0.4) is 0 Å². The molecule has 3 nitrogen and oxygen atoms in total. The Labute approximate surface area is 222 Å². The lowest BCUT2D eigenvalue weighted by atomic mass is 9.43. The third kappa shape index (κ3) is 3.10. The number of pyridine rings is 2. The zero-order valence-electron chi connectivity index (χ0n) is 20.6. The van der Waals surface area contributed by atoms with Crippen molar-refractivity contribution in [3.8, 4) is 44.6 Å². The highest BCUT2D eigenvalue weighted by Gasteiger charge is 2.41. The van der Waals surface area contributed by atoms with Gasteiger partial charge in [0, 0.05) is 52.2 Å². The van der Waals surface area contributed by atoms with Gasteiger partial charge in [0.1, 0.15) is 0 Å². The van der Waals surface area contributed by atoms with Crippen LogP contribution in [0.4, 0.5) is 11.4 Å². The Bertz CT molecular complexity index is 1830. The van der Waals surface area contributed by atoms with Crippen LogP contribution in [0.1, 0.15) is 0 Å². The quantitative estimate of drug-likeness (QED) is 0.256. The fourth-order valence-electron chi connectivity index (χ4n) is 6.13. The molecule has 0 N–H and O–H groups in total. The van der Waals surface area contributed by atoms with Crippen LogP contribution in [0.15, 0.2) is 134 Å². The van der Waals surface area contributed by atoms with E-state index in [9.17, 15) is 0 Å². The van der Waals surface area contributed by atoms with Gasteiger partial charge in [0.05, 0.1) is 5.69 Å². The second-order valence-corrected chi connectivity index (χ2v) is 9.86. The molecule has 4 heterocycles. The predicted octanol–water partition coefficient (Wildman–Crippen LogP) is 6.72. The van der Waals surface area contributed by atoms with E-state index in [1.54, 1.807) is 12.4 Å². The number of aromatic nitrogens is 2. The standard InChI is InChI=1S/C34H22BN3/c1-4-10-30-26(7-1)28-9-3-6-12-33(28)38-34-16-14-24(21-29(34)27-8-2-5-11-31(27)35(30)38)25-13-15-32(37-22-25)23-17-19-36-20-18-23/h1-22H. The summed E-state index contributed by atoms with van der Waals surface area (Å²) in [5.74, 6) is 0. The molecule has 8 rings (SSSR count). The lowest BCUT2D eigenvalue weighted by molar-refractivity contribution is 1.29. The van der Waals surface area contributed by atoms with Crippen LogP contribution < -0.4 is 15.7 Å². The molecule has 4 aromatic carbocycles. The highest BCUT2D eigenvalue weighted by atomic mass is 15.1. The molecular weight excluding hydrogens is 461 g/mol. The van der Waals surface area contributed by atoms with E-state index in [1.807, 2.05) is 18.3 Å². The number of hydrogen-bond donors (Lipinski definition) is 0. The Hall–Kier alpha value is -4.96. The van der Waals surface area contributed by atoms with Crippen molar-refractivity contribution in [3.05, 3.63) is 134 Å². The molecule has 0 atom stereocenters. The number of benzene rings is 4. The molecule has 4 heteroatoms. The molecule has 176 valence electrons. The molecule has 0 saturated heterocycles.